The quantitative estimate of drug-likeness (QED) is 0.770. The maximum absolute atomic E-state index is 11.8. The molecule has 0 saturated heterocycles. The van der Waals surface area contributed by atoms with Crippen molar-refractivity contribution < 1.29 is 12.6 Å². The van der Waals surface area contributed by atoms with Crippen LogP contribution in [0.3, 0.4) is 0 Å². The molecule has 6 nitrogen and oxygen atoms in total. The van der Waals surface area contributed by atoms with Crippen molar-refractivity contribution in [1.82, 2.24) is 9.71 Å². The molecule has 0 aromatic carbocycles. The number of nitrogens with one attached hydrogen (secondary N) is 1. The molecule has 0 aliphatic rings. The summed E-state index contributed by atoms with van der Waals surface area (Å²) in [6.45, 7) is 1.83. The molecule has 0 radical (unpaired) electrons. The zero-order valence-electron chi connectivity index (χ0n) is 9.58. The smallest absolute Gasteiger partial charge is 0.240 e. The molecule has 1 aromatic heterocycles. The van der Waals surface area contributed by atoms with Gasteiger partial charge in [-0.15, -0.1) is 0 Å². The van der Waals surface area contributed by atoms with Gasteiger partial charge in [-0.25, -0.2) is 18.1 Å². The Kier molecular flexibility index (Phi) is 4.61. The Balaban J connectivity index is 2.79. The van der Waals surface area contributed by atoms with Crippen LogP contribution in [0, 0.1) is 0 Å². The Morgan fingerprint density at radius 3 is 2.76 bits per heavy atom. The first-order valence-electron chi connectivity index (χ1n) is 4.86. The number of aromatic nitrogens is 1. The van der Waals surface area contributed by atoms with Crippen molar-refractivity contribution in [2.75, 3.05) is 18.5 Å². The van der Waals surface area contributed by atoms with Crippen LogP contribution in [0.5, 0.6) is 0 Å². The highest BCUT2D eigenvalue weighted by atomic mass is 32.2. The topological polar surface area (TPSA) is 102 Å². The van der Waals surface area contributed by atoms with E-state index in [4.69, 9.17) is 5.73 Å². The Labute approximate surface area is 103 Å². The molecule has 0 spiro atoms. The maximum atomic E-state index is 11.8. The summed E-state index contributed by atoms with van der Waals surface area (Å²) in [5.41, 5.74) is 5.41. The van der Waals surface area contributed by atoms with Crippen molar-refractivity contribution in [2.24, 2.45) is 0 Å². The number of hydrogen-bond donors (Lipinski definition) is 2. The molecule has 1 aromatic rings. The third-order valence-corrected chi connectivity index (χ3v) is 4.91. The summed E-state index contributed by atoms with van der Waals surface area (Å²) >= 11 is 0. The van der Waals surface area contributed by atoms with Crippen molar-refractivity contribution >= 4 is 26.6 Å². The molecular weight excluding hydrogens is 262 g/mol. The third kappa shape index (κ3) is 4.06. The van der Waals surface area contributed by atoms with E-state index < -0.39 is 20.8 Å². The highest BCUT2D eigenvalue weighted by Gasteiger charge is 2.16. The number of rotatable bonds is 5. The summed E-state index contributed by atoms with van der Waals surface area (Å²) in [6.07, 6.45) is 2.86. The van der Waals surface area contributed by atoms with Gasteiger partial charge in [0, 0.05) is 41.1 Å². The molecule has 0 amide bonds. The summed E-state index contributed by atoms with van der Waals surface area (Å²) in [7, 11) is -4.69. The molecule has 1 rings (SSSR count). The fourth-order valence-corrected chi connectivity index (χ4v) is 2.60. The van der Waals surface area contributed by atoms with Gasteiger partial charge in [-0.1, -0.05) is 0 Å². The van der Waals surface area contributed by atoms with Gasteiger partial charge in [0.15, 0.2) is 0 Å². The first kappa shape index (κ1) is 14.1. The van der Waals surface area contributed by atoms with Crippen molar-refractivity contribution in [3.05, 3.63) is 18.3 Å². The molecule has 96 valence electrons. The van der Waals surface area contributed by atoms with Gasteiger partial charge in [0.2, 0.25) is 10.0 Å². The van der Waals surface area contributed by atoms with Crippen LogP contribution in [-0.4, -0.2) is 35.7 Å². The molecule has 0 saturated carbocycles. The zero-order valence-corrected chi connectivity index (χ0v) is 11.2. The molecule has 2 atom stereocenters. The first-order valence-corrected chi connectivity index (χ1v) is 7.97. The minimum atomic E-state index is -3.62. The van der Waals surface area contributed by atoms with E-state index in [-0.39, 0.29) is 22.5 Å². The fourth-order valence-electron chi connectivity index (χ4n) is 1.02. The second kappa shape index (κ2) is 5.56. The first-order chi connectivity index (χ1) is 7.83. The van der Waals surface area contributed by atoms with Gasteiger partial charge >= 0.3 is 0 Å². The Bertz CT molecular complexity index is 516. The molecule has 0 bridgehead atoms. The zero-order chi connectivity index (χ0) is 13.1. The van der Waals surface area contributed by atoms with E-state index in [0.717, 1.165) is 0 Å². The normalized spacial score (nSPS) is 15.4. The second-order valence-corrected chi connectivity index (χ2v) is 7.15. The van der Waals surface area contributed by atoms with E-state index in [1.54, 1.807) is 6.92 Å². The molecule has 0 aliphatic heterocycles. The van der Waals surface area contributed by atoms with E-state index in [9.17, 15) is 12.6 Å². The minimum absolute atomic E-state index is 0.0547. The summed E-state index contributed by atoms with van der Waals surface area (Å²) in [6, 6.07) is 2.63. The Morgan fingerprint density at radius 2 is 2.24 bits per heavy atom. The summed E-state index contributed by atoms with van der Waals surface area (Å²) in [5, 5.41) is -0.246. The van der Waals surface area contributed by atoms with E-state index >= 15 is 0 Å². The van der Waals surface area contributed by atoms with Crippen LogP contribution in [-0.2, 0) is 20.8 Å². The van der Waals surface area contributed by atoms with Gasteiger partial charge in [0.05, 0.1) is 4.90 Å². The van der Waals surface area contributed by atoms with E-state index in [2.05, 4.69) is 9.71 Å². The standard InChI is InChI=1S/C9H15N3O3S2/c1-7(16(2)13)6-12-17(14,15)8-3-4-11-9(10)5-8/h3-5,7,12H,6H2,1-2H3,(H2,10,11). The number of hydrogen-bond acceptors (Lipinski definition) is 5. The predicted octanol–water partition coefficient (Wildman–Crippen LogP) is -0.291. The van der Waals surface area contributed by atoms with E-state index in [1.807, 2.05) is 0 Å². The van der Waals surface area contributed by atoms with E-state index in [0.29, 0.717) is 0 Å². The molecule has 2 unspecified atom stereocenters. The number of pyridine rings is 1. The van der Waals surface area contributed by atoms with Crippen LogP contribution >= 0.6 is 0 Å². The Hall–Kier alpha value is -0.990. The highest BCUT2D eigenvalue weighted by Crippen LogP contribution is 2.10. The SMILES string of the molecule is CC(CNS(=O)(=O)c1ccnc(N)c1)S(C)=O. The second-order valence-electron chi connectivity index (χ2n) is 3.58. The molecule has 17 heavy (non-hydrogen) atoms. The molecule has 8 heteroatoms. The van der Waals surface area contributed by atoms with Crippen molar-refractivity contribution in [3.8, 4) is 0 Å². The number of nitrogens with two attached hydrogens (primary N) is 1. The highest BCUT2D eigenvalue weighted by molar-refractivity contribution is 7.89. The van der Waals surface area contributed by atoms with Crippen LogP contribution in [0.4, 0.5) is 5.82 Å². The van der Waals surface area contributed by atoms with Crippen LogP contribution in [0.25, 0.3) is 0 Å². The lowest BCUT2D eigenvalue weighted by atomic mass is 10.5. The lowest BCUT2D eigenvalue weighted by Crippen LogP contribution is -2.32. The van der Waals surface area contributed by atoms with Gasteiger partial charge in [-0.2, -0.15) is 0 Å². The van der Waals surface area contributed by atoms with Crippen molar-refractivity contribution in [2.45, 2.75) is 17.1 Å². The van der Waals surface area contributed by atoms with Gasteiger partial charge in [-0.05, 0) is 13.0 Å². The number of anilines is 1. The van der Waals surface area contributed by atoms with Gasteiger partial charge in [-0.3, -0.25) is 4.21 Å². The lowest BCUT2D eigenvalue weighted by Gasteiger charge is -2.10. The van der Waals surface area contributed by atoms with E-state index in [1.165, 1.54) is 24.6 Å². The fraction of sp³-hybridized carbons (Fsp3) is 0.444. The molecular formula is C9H15N3O3S2. The number of nitrogen functional groups attached to an aromatic ring is 1. The molecule has 1 heterocycles. The minimum Gasteiger partial charge on any atom is -0.384 e. The predicted molar refractivity (Wildman–Crippen MR) is 67.4 cm³/mol. The van der Waals surface area contributed by atoms with Crippen molar-refractivity contribution in [1.29, 1.82) is 0 Å². The van der Waals surface area contributed by atoms with Crippen LogP contribution in [0.1, 0.15) is 6.92 Å². The number of nitrogens with zero attached hydrogens (tertiary/aromatic N) is 1. The van der Waals surface area contributed by atoms with Crippen molar-refractivity contribution in [3.63, 3.8) is 0 Å². The average molecular weight is 277 g/mol. The Morgan fingerprint density at radius 1 is 1.59 bits per heavy atom. The van der Waals surface area contributed by atoms with Crippen LogP contribution in [0.2, 0.25) is 0 Å². The molecule has 0 aliphatic carbocycles. The van der Waals surface area contributed by atoms with Gasteiger partial charge in [0.25, 0.3) is 0 Å². The van der Waals surface area contributed by atoms with Gasteiger partial charge in [0.1, 0.15) is 5.82 Å². The average Bonchev–Trinajstić information content (AvgIpc) is 2.26. The largest absolute Gasteiger partial charge is 0.384 e. The monoisotopic (exact) mass is 277 g/mol. The third-order valence-electron chi connectivity index (χ3n) is 2.19. The number of sulfonamides is 1. The lowest BCUT2D eigenvalue weighted by molar-refractivity contribution is 0.580. The van der Waals surface area contributed by atoms with Crippen LogP contribution in [0.15, 0.2) is 23.2 Å². The summed E-state index contributed by atoms with van der Waals surface area (Å²) < 4.78 is 37.1. The molecule has 3 N–H and O–H groups in total. The van der Waals surface area contributed by atoms with Gasteiger partial charge < -0.3 is 5.73 Å². The van der Waals surface area contributed by atoms with Crippen LogP contribution < -0.4 is 10.5 Å². The maximum Gasteiger partial charge on any atom is 0.240 e. The molecule has 0 fully saturated rings. The summed E-state index contributed by atoms with van der Waals surface area (Å²) in [5.74, 6) is 0.139. The summed E-state index contributed by atoms with van der Waals surface area (Å²) in [4.78, 5) is 3.77.